The second kappa shape index (κ2) is 9.92. The highest BCUT2D eigenvalue weighted by Gasteiger charge is 2.41. The largest absolute Gasteiger partial charge is 0.496 e. The Kier molecular flexibility index (Phi) is 6.90. The van der Waals surface area contributed by atoms with E-state index in [9.17, 15) is 31.1 Å². The van der Waals surface area contributed by atoms with Crippen LogP contribution < -0.4 is 9.64 Å². The van der Waals surface area contributed by atoms with Crippen LogP contribution in [0.5, 0.6) is 5.75 Å². The monoisotopic (exact) mass is 555 g/mol. The molecule has 1 atom stereocenters. The van der Waals surface area contributed by atoms with Crippen LogP contribution in [0, 0.1) is 0 Å². The lowest BCUT2D eigenvalue weighted by molar-refractivity contribution is -0.179. The molecule has 0 radical (unpaired) electrons. The van der Waals surface area contributed by atoms with E-state index in [1.807, 2.05) is 27.6 Å². The Morgan fingerprint density at radius 1 is 1.03 bits per heavy atom. The third kappa shape index (κ3) is 5.36. The number of halogens is 6. The van der Waals surface area contributed by atoms with Crippen LogP contribution >= 0.6 is 0 Å². The van der Waals surface area contributed by atoms with Crippen molar-refractivity contribution in [1.29, 1.82) is 0 Å². The summed E-state index contributed by atoms with van der Waals surface area (Å²) in [6.45, 7) is 1.29. The molecule has 39 heavy (non-hydrogen) atoms. The van der Waals surface area contributed by atoms with Gasteiger partial charge in [0.05, 0.1) is 24.6 Å². The van der Waals surface area contributed by atoms with Gasteiger partial charge < -0.3 is 14.5 Å². The lowest BCUT2D eigenvalue weighted by Crippen LogP contribution is -2.53. The molecular weight excluding hydrogens is 528 g/mol. The summed E-state index contributed by atoms with van der Waals surface area (Å²) >= 11 is 0. The lowest BCUT2D eigenvalue weighted by Gasteiger charge is -2.39. The Balaban J connectivity index is 1.38. The highest BCUT2D eigenvalue weighted by atomic mass is 19.4. The van der Waals surface area contributed by atoms with Gasteiger partial charge in [-0.2, -0.15) is 26.3 Å². The summed E-state index contributed by atoms with van der Waals surface area (Å²) in [5.74, 6) is -0.526. The molecule has 2 aliphatic rings. The lowest BCUT2D eigenvalue weighted by atomic mass is 9.94. The first-order valence-corrected chi connectivity index (χ1v) is 12.5. The summed E-state index contributed by atoms with van der Waals surface area (Å²) in [7, 11) is 1.37. The zero-order chi connectivity index (χ0) is 28.1. The number of imidazole rings is 1. The molecule has 0 spiro atoms. The van der Waals surface area contributed by atoms with Crippen LogP contribution in [-0.2, 0) is 6.42 Å². The summed E-state index contributed by atoms with van der Waals surface area (Å²) in [6, 6.07) is 5.63. The number of nitrogens with zero attached hydrogens (tertiary/aromatic N) is 5. The van der Waals surface area contributed by atoms with E-state index in [4.69, 9.17) is 4.74 Å². The van der Waals surface area contributed by atoms with E-state index in [2.05, 4.69) is 4.98 Å². The number of hydrogen-bond acceptors (Lipinski definition) is 5. The third-order valence-corrected chi connectivity index (χ3v) is 7.42. The molecule has 3 aromatic rings. The first-order chi connectivity index (χ1) is 18.4. The molecule has 0 N–H and O–H groups in total. The van der Waals surface area contributed by atoms with E-state index in [1.54, 1.807) is 18.3 Å². The fourth-order valence-electron chi connectivity index (χ4n) is 5.26. The van der Waals surface area contributed by atoms with Crippen molar-refractivity contribution in [3.63, 3.8) is 0 Å². The number of aromatic nitrogens is 2. The Morgan fingerprint density at radius 2 is 1.74 bits per heavy atom. The molecule has 1 aromatic carbocycles. The van der Waals surface area contributed by atoms with Gasteiger partial charge in [-0.3, -0.25) is 14.1 Å². The minimum Gasteiger partial charge on any atom is -0.496 e. The minimum absolute atomic E-state index is 0.0521. The molecule has 210 valence electrons. The Bertz CT molecular complexity index is 1360. The molecule has 13 heteroatoms. The van der Waals surface area contributed by atoms with Crippen LogP contribution in [0.4, 0.5) is 32.0 Å². The highest BCUT2D eigenvalue weighted by Crippen LogP contribution is 2.36. The number of methoxy groups -OCH3 is 1. The average molecular weight is 556 g/mol. The van der Waals surface area contributed by atoms with Gasteiger partial charge in [-0.1, -0.05) is 0 Å². The van der Waals surface area contributed by atoms with Crippen LogP contribution in [-0.4, -0.2) is 89.9 Å². The third-order valence-electron chi connectivity index (χ3n) is 7.42. The van der Waals surface area contributed by atoms with E-state index in [0.29, 0.717) is 48.6 Å². The summed E-state index contributed by atoms with van der Waals surface area (Å²) in [5, 5.41) is 0. The molecule has 0 aliphatic carbocycles. The van der Waals surface area contributed by atoms with Crippen LogP contribution in [0.15, 0.2) is 36.7 Å². The maximum atomic E-state index is 13.1. The van der Waals surface area contributed by atoms with E-state index < -0.39 is 30.8 Å². The van der Waals surface area contributed by atoms with Gasteiger partial charge in [0.15, 0.2) is 0 Å². The number of anilines is 1. The maximum Gasteiger partial charge on any atom is 0.406 e. The number of ether oxygens (including phenoxy) is 1. The quantitative estimate of drug-likeness (QED) is 0.430. The maximum absolute atomic E-state index is 13.1. The first-order valence-electron chi connectivity index (χ1n) is 12.5. The summed E-state index contributed by atoms with van der Waals surface area (Å²) in [6.07, 6.45) is -5.03. The highest BCUT2D eigenvalue weighted by molar-refractivity contribution is 6.00. The Morgan fingerprint density at radius 3 is 2.38 bits per heavy atom. The molecule has 0 bridgehead atoms. The van der Waals surface area contributed by atoms with E-state index in [1.165, 1.54) is 18.9 Å². The predicted octanol–water partition coefficient (Wildman–Crippen LogP) is 4.64. The smallest absolute Gasteiger partial charge is 0.406 e. The van der Waals surface area contributed by atoms with Crippen LogP contribution in [0.3, 0.4) is 0 Å². The number of alkyl halides is 6. The van der Waals surface area contributed by atoms with E-state index in [-0.39, 0.29) is 24.3 Å². The minimum atomic E-state index is -4.50. The predicted molar refractivity (Wildman–Crippen MR) is 132 cm³/mol. The number of piperazine rings is 1. The summed E-state index contributed by atoms with van der Waals surface area (Å²) in [4.78, 5) is 21.6. The van der Waals surface area contributed by atoms with Crippen molar-refractivity contribution in [2.24, 2.45) is 0 Å². The van der Waals surface area contributed by atoms with Crippen molar-refractivity contribution in [2.75, 3.05) is 51.3 Å². The van der Waals surface area contributed by atoms with Gasteiger partial charge >= 0.3 is 12.4 Å². The van der Waals surface area contributed by atoms with Crippen molar-refractivity contribution in [1.82, 2.24) is 19.2 Å². The van der Waals surface area contributed by atoms with Crippen molar-refractivity contribution in [3.05, 3.63) is 47.8 Å². The van der Waals surface area contributed by atoms with Crippen molar-refractivity contribution >= 4 is 17.2 Å². The number of fused-ring (bicyclic) bond motifs is 2. The molecule has 1 fully saturated rings. The second-order valence-corrected chi connectivity index (χ2v) is 9.80. The van der Waals surface area contributed by atoms with Gasteiger partial charge in [-0.25, -0.2) is 4.98 Å². The summed E-state index contributed by atoms with van der Waals surface area (Å²) < 4.78 is 85.3. The fourth-order valence-corrected chi connectivity index (χ4v) is 5.26. The van der Waals surface area contributed by atoms with Crippen LogP contribution in [0.25, 0.3) is 16.9 Å². The molecule has 5 rings (SSSR count). The van der Waals surface area contributed by atoms with Gasteiger partial charge in [0, 0.05) is 56.2 Å². The first kappa shape index (κ1) is 27.1. The van der Waals surface area contributed by atoms with Crippen LogP contribution in [0.1, 0.15) is 22.8 Å². The molecule has 1 saturated heterocycles. The molecule has 7 nitrogen and oxygen atoms in total. The van der Waals surface area contributed by atoms with Gasteiger partial charge in [0.1, 0.15) is 24.0 Å². The van der Waals surface area contributed by atoms with Gasteiger partial charge in [-0.15, -0.1) is 0 Å². The Labute approximate surface area is 220 Å². The zero-order valence-electron chi connectivity index (χ0n) is 21.3. The second-order valence-electron chi connectivity index (χ2n) is 9.80. The Hall–Kier alpha value is -3.48. The van der Waals surface area contributed by atoms with Crippen molar-refractivity contribution in [3.8, 4) is 17.0 Å². The number of benzene rings is 1. The SMILES string of the molecule is COc1cc(-c2cnc3cc(N4CCN(C(C)C(F)(F)F)CC4)ccn23)cc2c1C(=O)N(CC(F)(F)F)CC2. The van der Waals surface area contributed by atoms with Gasteiger partial charge in [0.2, 0.25) is 0 Å². The van der Waals surface area contributed by atoms with Gasteiger partial charge in [-0.05, 0) is 37.1 Å². The van der Waals surface area contributed by atoms with Crippen molar-refractivity contribution < 1.29 is 35.9 Å². The number of carbonyl (C=O) groups excluding carboxylic acids is 1. The molecule has 1 amide bonds. The number of rotatable bonds is 5. The standard InChI is InChI=1S/C26H27F6N5O2/c1-16(26(30,31)32)34-7-9-35(10-8-34)19-4-6-37-20(14-33-22(37)13-19)18-11-17-3-5-36(15-25(27,28)29)24(38)23(17)21(12-18)39-2/h4,6,11-14,16H,3,5,7-10,15H2,1-2H3. The summed E-state index contributed by atoms with van der Waals surface area (Å²) in [5.41, 5.74) is 3.59. The molecular formula is C26H27F6N5O2. The van der Waals surface area contributed by atoms with Gasteiger partial charge in [0.25, 0.3) is 5.91 Å². The molecule has 2 aliphatic heterocycles. The molecule has 4 heterocycles. The van der Waals surface area contributed by atoms with E-state index >= 15 is 0 Å². The number of amides is 1. The van der Waals surface area contributed by atoms with Crippen molar-refractivity contribution in [2.45, 2.75) is 31.7 Å². The number of carbonyl (C=O) groups is 1. The fraction of sp³-hybridized carbons (Fsp3) is 0.462. The topological polar surface area (TPSA) is 53.3 Å². The molecule has 0 saturated carbocycles. The van der Waals surface area contributed by atoms with Crippen LogP contribution in [0.2, 0.25) is 0 Å². The number of hydrogen-bond donors (Lipinski definition) is 0. The van der Waals surface area contributed by atoms with E-state index in [0.717, 1.165) is 10.6 Å². The number of pyridine rings is 1. The normalized spacial score (nSPS) is 18.0. The molecule has 2 aromatic heterocycles. The molecule has 1 unspecified atom stereocenters. The average Bonchev–Trinajstić information content (AvgIpc) is 3.31. The zero-order valence-corrected chi connectivity index (χ0v) is 21.3.